The van der Waals surface area contributed by atoms with Crippen molar-refractivity contribution in [2.45, 2.75) is 19.4 Å². The van der Waals surface area contributed by atoms with Gasteiger partial charge in [-0.3, -0.25) is 4.79 Å². The summed E-state index contributed by atoms with van der Waals surface area (Å²) in [6.45, 7) is 0.382. The van der Waals surface area contributed by atoms with Crippen LogP contribution in [0.5, 0.6) is 11.5 Å². The first-order valence-corrected chi connectivity index (χ1v) is 7.63. The van der Waals surface area contributed by atoms with E-state index >= 15 is 0 Å². The molecule has 0 spiro atoms. The molecule has 0 aliphatic heterocycles. The van der Waals surface area contributed by atoms with Crippen molar-refractivity contribution < 1.29 is 14.3 Å². The quantitative estimate of drug-likeness (QED) is 0.850. The molecule has 0 bridgehead atoms. The standard InChI is InChI=1S/C19H20N2O3/c1-23-17-5-3-4-16(19(17)24-2)13-21-18(22)11-10-14-6-8-15(12-20)9-7-14/h3-9H,10-11,13H2,1-2H3,(H,21,22). The van der Waals surface area contributed by atoms with E-state index in [-0.39, 0.29) is 5.91 Å². The Kier molecular flexibility index (Phi) is 6.21. The van der Waals surface area contributed by atoms with Crippen LogP contribution in [0.1, 0.15) is 23.1 Å². The number of benzene rings is 2. The molecule has 0 aromatic heterocycles. The van der Waals surface area contributed by atoms with Crippen LogP contribution in [0, 0.1) is 11.3 Å². The van der Waals surface area contributed by atoms with Gasteiger partial charge < -0.3 is 14.8 Å². The number of aryl methyl sites for hydroxylation is 1. The highest BCUT2D eigenvalue weighted by atomic mass is 16.5. The fraction of sp³-hybridized carbons (Fsp3) is 0.263. The van der Waals surface area contributed by atoms with E-state index < -0.39 is 0 Å². The minimum atomic E-state index is -0.0377. The summed E-state index contributed by atoms with van der Waals surface area (Å²) < 4.78 is 10.6. The number of ether oxygens (including phenoxy) is 2. The summed E-state index contributed by atoms with van der Waals surface area (Å²) in [6, 6.07) is 14.9. The average molecular weight is 324 g/mol. The first-order valence-electron chi connectivity index (χ1n) is 7.63. The van der Waals surface area contributed by atoms with Crippen molar-refractivity contribution in [3.63, 3.8) is 0 Å². The monoisotopic (exact) mass is 324 g/mol. The van der Waals surface area contributed by atoms with Crippen LogP contribution in [0.4, 0.5) is 0 Å². The van der Waals surface area contributed by atoms with Crippen LogP contribution < -0.4 is 14.8 Å². The minimum Gasteiger partial charge on any atom is -0.493 e. The molecule has 5 heteroatoms. The summed E-state index contributed by atoms with van der Waals surface area (Å²) in [6.07, 6.45) is 1.02. The third-order valence-electron chi connectivity index (χ3n) is 3.68. The van der Waals surface area contributed by atoms with Crippen LogP contribution in [0.3, 0.4) is 0 Å². The van der Waals surface area contributed by atoms with Gasteiger partial charge in [-0.1, -0.05) is 24.3 Å². The highest BCUT2D eigenvalue weighted by Crippen LogP contribution is 2.30. The molecule has 0 fully saturated rings. The van der Waals surface area contributed by atoms with Crippen LogP contribution in [0.15, 0.2) is 42.5 Å². The second-order valence-corrected chi connectivity index (χ2v) is 5.24. The van der Waals surface area contributed by atoms with Gasteiger partial charge in [0.2, 0.25) is 5.91 Å². The van der Waals surface area contributed by atoms with Crippen molar-refractivity contribution in [1.29, 1.82) is 5.26 Å². The van der Waals surface area contributed by atoms with Gasteiger partial charge in [-0.05, 0) is 30.2 Å². The van der Waals surface area contributed by atoms with Gasteiger partial charge in [-0.2, -0.15) is 5.26 Å². The van der Waals surface area contributed by atoms with E-state index in [2.05, 4.69) is 11.4 Å². The molecule has 1 N–H and O–H groups in total. The summed E-state index contributed by atoms with van der Waals surface area (Å²) in [5.74, 6) is 1.23. The van der Waals surface area contributed by atoms with E-state index in [0.29, 0.717) is 36.4 Å². The summed E-state index contributed by atoms with van der Waals surface area (Å²) in [5, 5.41) is 11.7. The molecule has 0 aliphatic carbocycles. The number of nitrogens with zero attached hydrogens (tertiary/aromatic N) is 1. The van der Waals surface area contributed by atoms with E-state index in [1.165, 1.54) is 0 Å². The molecule has 0 aliphatic rings. The van der Waals surface area contributed by atoms with Crippen molar-refractivity contribution in [1.82, 2.24) is 5.32 Å². The van der Waals surface area contributed by atoms with Crippen LogP contribution in [0.2, 0.25) is 0 Å². The van der Waals surface area contributed by atoms with E-state index in [9.17, 15) is 4.79 Å². The largest absolute Gasteiger partial charge is 0.493 e. The number of methoxy groups -OCH3 is 2. The number of hydrogen-bond donors (Lipinski definition) is 1. The molecule has 2 aromatic carbocycles. The maximum absolute atomic E-state index is 12.0. The Balaban J connectivity index is 1.88. The number of nitriles is 1. The summed E-state index contributed by atoms with van der Waals surface area (Å²) in [4.78, 5) is 12.0. The second kappa shape index (κ2) is 8.59. The van der Waals surface area contributed by atoms with Crippen LogP contribution >= 0.6 is 0 Å². The SMILES string of the molecule is COc1cccc(CNC(=O)CCc2ccc(C#N)cc2)c1OC. The molecule has 1 amide bonds. The molecule has 0 radical (unpaired) electrons. The van der Waals surface area contributed by atoms with Gasteiger partial charge >= 0.3 is 0 Å². The van der Waals surface area contributed by atoms with Crippen molar-refractivity contribution in [3.05, 3.63) is 59.2 Å². The molecule has 0 unspecified atom stereocenters. The zero-order valence-electron chi connectivity index (χ0n) is 13.8. The second-order valence-electron chi connectivity index (χ2n) is 5.24. The number of hydrogen-bond acceptors (Lipinski definition) is 4. The van der Waals surface area contributed by atoms with Gasteiger partial charge in [0.25, 0.3) is 0 Å². The molecule has 0 heterocycles. The molecule has 24 heavy (non-hydrogen) atoms. The molecule has 2 aromatic rings. The highest BCUT2D eigenvalue weighted by molar-refractivity contribution is 5.76. The molecule has 0 atom stereocenters. The topological polar surface area (TPSA) is 71.3 Å². The number of amides is 1. The summed E-state index contributed by atoms with van der Waals surface area (Å²) in [5.41, 5.74) is 2.51. The third-order valence-corrected chi connectivity index (χ3v) is 3.68. The van der Waals surface area contributed by atoms with E-state index in [4.69, 9.17) is 14.7 Å². The Morgan fingerprint density at radius 3 is 2.50 bits per heavy atom. The number of nitrogens with one attached hydrogen (secondary N) is 1. The number of para-hydroxylation sites is 1. The molecule has 124 valence electrons. The maximum Gasteiger partial charge on any atom is 0.220 e. The van der Waals surface area contributed by atoms with Crippen molar-refractivity contribution in [2.24, 2.45) is 0 Å². The van der Waals surface area contributed by atoms with Crippen molar-refractivity contribution in [3.8, 4) is 17.6 Å². The molecule has 2 rings (SSSR count). The lowest BCUT2D eigenvalue weighted by molar-refractivity contribution is -0.121. The fourth-order valence-electron chi connectivity index (χ4n) is 2.38. The average Bonchev–Trinajstić information content (AvgIpc) is 2.64. The van der Waals surface area contributed by atoms with Gasteiger partial charge in [0.15, 0.2) is 11.5 Å². The number of rotatable bonds is 7. The molecule has 0 saturated heterocycles. The van der Waals surface area contributed by atoms with Gasteiger partial charge in [0.05, 0.1) is 25.9 Å². The van der Waals surface area contributed by atoms with E-state index in [0.717, 1.165) is 11.1 Å². The normalized spacial score (nSPS) is 9.88. The summed E-state index contributed by atoms with van der Waals surface area (Å²) >= 11 is 0. The lowest BCUT2D eigenvalue weighted by Crippen LogP contribution is -2.23. The van der Waals surface area contributed by atoms with Gasteiger partial charge in [-0.15, -0.1) is 0 Å². The van der Waals surface area contributed by atoms with Crippen LogP contribution in [-0.2, 0) is 17.8 Å². The van der Waals surface area contributed by atoms with Crippen LogP contribution in [0.25, 0.3) is 0 Å². The highest BCUT2D eigenvalue weighted by Gasteiger charge is 2.10. The van der Waals surface area contributed by atoms with Gasteiger partial charge in [0, 0.05) is 18.5 Å². The van der Waals surface area contributed by atoms with Crippen LogP contribution in [-0.4, -0.2) is 20.1 Å². The Hall–Kier alpha value is -3.00. The third kappa shape index (κ3) is 4.50. The molecular formula is C19H20N2O3. The maximum atomic E-state index is 12.0. The minimum absolute atomic E-state index is 0.0377. The number of carbonyl (C=O) groups is 1. The lowest BCUT2D eigenvalue weighted by atomic mass is 10.1. The first kappa shape index (κ1) is 17.4. The molecular weight excluding hydrogens is 304 g/mol. The van der Waals surface area contributed by atoms with Crippen molar-refractivity contribution >= 4 is 5.91 Å². The van der Waals surface area contributed by atoms with E-state index in [1.807, 2.05) is 30.3 Å². The first-order chi connectivity index (χ1) is 11.7. The van der Waals surface area contributed by atoms with Gasteiger partial charge in [-0.25, -0.2) is 0 Å². The van der Waals surface area contributed by atoms with Crippen molar-refractivity contribution in [2.75, 3.05) is 14.2 Å². The fourth-order valence-corrected chi connectivity index (χ4v) is 2.38. The zero-order valence-corrected chi connectivity index (χ0v) is 13.8. The predicted molar refractivity (Wildman–Crippen MR) is 90.9 cm³/mol. The van der Waals surface area contributed by atoms with Gasteiger partial charge in [0.1, 0.15) is 0 Å². The molecule has 0 saturated carbocycles. The Morgan fingerprint density at radius 2 is 1.88 bits per heavy atom. The lowest BCUT2D eigenvalue weighted by Gasteiger charge is -2.13. The van der Waals surface area contributed by atoms with E-state index in [1.54, 1.807) is 26.4 Å². The zero-order chi connectivity index (χ0) is 17.4. The predicted octanol–water partition coefficient (Wildman–Crippen LogP) is 2.82. The smallest absolute Gasteiger partial charge is 0.220 e. The summed E-state index contributed by atoms with van der Waals surface area (Å²) in [7, 11) is 3.16. The Morgan fingerprint density at radius 1 is 1.12 bits per heavy atom. The molecule has 5 nitrogen and oxygen atoms in total. The number of carbonyl (C=O) groups excluding carboxylic acids is 1. The Labute approximate surface area is 141 Å². The Bertz CT molecular complexity index is 733.